The van der Waals surface area contributed by atoms with Gasteiger partial charge in [0.25, 0.3) is 0 Å². The maximum absolute atomic E-state index is 10.0. The van der Waals surface area contributed by atoms with Crippen LogP contribution >= 0.6 is 0 Å². The Morgan fingerprint density at radius 3 is 2.71 bits per heavy atom. The van der Waals surface area contributed by atoms with E-state index in [2.05, 4.69) is 16.1 Å². The van der Waals surface area contributed by atoms with Gasteiger partial charge in [-0.05, 0) is 7.05 Å². The molecule has 0 amide bonds. The number of carbonyl (C=O) groups excluding carboxylic acids is 1. The number of hydrogen-bond donors (Lipinski definition) is 2. The fourth-order valence-electron chi connectivity index (χ4n) is 0.186. The van der Waals surface area contributed by atoms with Gasteiger partial charge in [0.05, 0.1) is 6.54 Å². The van der Waals surface area contributed by atoms with Gasteiger partial charge >= 0.3 is 5.97 Å². The number of rotatable bonds is 2. The summed E-state index contributed by atoms with van der Waals surface area (Å²) in [5.41, 5.74) is 0. The van der Waals surface area contributed by atoms with Crippen molar-refractivity contribution in [3.63, 3.8) is 0 Å². The second-order valence-corrected chi connectivity index (χ2v) is 1.02. The van der Waals surface area contributed by atoms with Crippen molar-refractivity contribution in [1.29, 1.82) is 0 Å². The van der Waals surface area contributed by atoms with E-state index in [9.17, 15) is 4.79 Å². The third-order valence-corrected chi connectivity index (χ3v) is 0.453. The van der Waals surface area contributed by atoms with Crippen LogP contribution in [0, 0.1) is 0 Å². The molecule has 0 bridgehead atoms. The molecule has 0 rings (SSSR count). The molecule has 3 N–H and O–H groups in total. The lowest BCUT2D eigenvalue weighted by atomic mass is 10.7. The molecule has 0 radical (unpaired) electrons. The smallest absolute Gasteiger partial charge is 0.338 e. The van der Waals surface area contributed by atoms with E-state index >= 15 is 0 Å². The molecule has 0 unspecified atom stereocenters. The highest BCUT2D eigenvalue weighted by Gasteiger charge is 1.93. The molecule has 0 spiro atoms. The van der Waals surface area contributed by atoms with E-state index in [-0.39, 0.29) is 6.54 Å². The first-order valence-electron chi connectivity index (χ1n) is 1.85. The Bertz CT molecular complexity index is 64.0. The molecule has 0 aliphatic heterocycles. The van der Waals surface area contributed by atoms with Crippen molar-refractivity contribution in [2.45, 2.75) is 0 Å². The maximum Gasteiger partial charge on any atom is 0.338 e. The summed E-state index contributed by atoms with van der Waals surface area (Å²) in [6, 6.07) is 0. The van der Waals surface area contributed by atoms with Crippen molar-refractivity contribution in [2.75, 3.05) is 13.6 Å². The molecule has 0 atom stereocenters. The first-order valence-corrected chi connectivity index (χ1v) is 1.85. The van der Waals surface area contributed by atoms with E-state index in [0.717, 1.165) is 0 Å². The molecule has 42 valence electrons. The number of nitrogens with two attached hydrogens (primary N) is 1. The third-order valence-electron chi connectivity index (χ3n) is 0.453. The second kappa shape index (κ2) is 3.58. The summed E-state index contributed by atoms with van der Waals surface area (Å²) in [5.74, 6) is 4.01. The zero-order chi connectivity index (χ0) is 5.70. The predicted octanol–water partition coefficient (Wildman–Crippen LogP) is -1.38. The highest BCUT2D eigenvalue weighted by atomic mass is 16.7. The van der Waals surface area contributed by atoms with Crippen LogP contribution in [0.15, 0.2) is 0 Å². The monoisotopic (exact) mass is 104 g/mol. The van der Waals surface area contributed by atoms with Crippen LogP contribution in [-0.2, 0) is 9.63 Å². The van der Waals surface area contributed by atoms with Gasteiger partial charge < -0.3 is 10.2 Å². The molecule has 0 aliphatic rings. The quantitative estimate of drug-likeness (QED) is 0.424. The minimum Gasteiger partial charge on any atom is -0.372 e. The topological polar surface area (TPSA) is 64.3 Å². The summed E-state index contributed by atoms with van der Waals surface area (Å²) in [5, 5.41) is 2.56. The van der Waals surface area contributed by atoms with Crippen LogP contribution < -0.4 is 11.2 Å². The van der Waals surface area contributed by atoms with E-state index in [1.807, 2.05) is 0 Å². The van der Waals surface area contributed by atoms with E-state index < -0.39 is 5.97 Å². The minimum atomic E-state index is -0.456. The van der Waals surface area contributed by atoms with Crippen LogP contribution in [0.5, 0.6) is 0 Å². The van der Waals surface area contributed by atoms with Crippen LogP contribution in [0.4, 0.5) is 0 Å². The highest BCUT2D eigenvalue weighted by molar-refractivity contribution is 5.71. The van der Waals surface area contributed by atoms with Crippen molar-refractivity contribution in [1.82, 2.24) is 5.32 Å². The van der Waals surface area contributed by atoms with Crippen LogP contribution in [0.25, 0.3) is 0 Å². The van der Waals surface area contributed by atoms with E-state index in [1.54, 1.807) is 7.05 Å². The van der Waals surface area contributed by atoms with E-state index in [1.165, 1.54) is 0 Å². The second-order valence-electron chi connectivity index (χ2n) is 1.02. The average Bonchev–Trinajstić information content (AvgIpc) is 1.68. The van der Waals surface area contributed by atoms with Crippen molar-refractivity contribution in [3.05, 3.63) is 0 Å². The van der Waals surface area contributed by atoms with Crippen molar-refractivity contribution in [2.24, 2.45) is 5.90 Å². The Hall–Kier alpha value is -0.610. The summed E-state index contributed by atoms with van der Waals surface area (Å²) >= 11 is 0. The predicted molar refractivity (Wildman–Crippen MR) is 24.2 cm³/mol. The Balaban J connectivity index is 3.00. The van der Waals surface area contributed by atoms with Gasteiger partial charge in [0.2, 0.25) is 0 Å². The van der Waals surface area contributed by atoms with Gasteiger partial charge in [-0.2, -0.15) is 5.90 Å². The van der Waals surface area contributed by atoms with Crippen LogP contribution in [0.2, 0.25) is 0 Å². The number of likely N-dealkylation sites (N-methyl/N-ethyl adjacent to an activating group) is 1. The van der Waals surface area contributed by atoms with Gasteiger partial charge in [0, 0.05) is 0 Å². The zero-order valence-electron chi connectivity index (χ0n) is 4.10. The molecule has 7 heavy (non-hydrogen) atoms. The molecular formula is C3H8N2O2. The molecule has 0 aliphatic carbocycles. The van der Waals surface area contributed by atoms with Crippen LogP contribution in [0.3, 0.4) is 0 Å². The summed E-state index contributed by atoms with van der Waals surface area (Å²) in [7, 11) is 1.64. The van der Waals surface area contributed by atoms with Gasteiger partial charge in [-0.3, -0.25) is 0 Å². The molecule has 0 saturated heterocycles. The molecule has 0 aromatic heterocycles. The Morgan fingerprint density at radius 1 is 2.00 bits per heavy atom. The van der Waals surface area contributed by atoms with Crippen molar-refractivity contribution in [3.8, 4) is 0 Å². The molecule has 4 heteroatoms. The number of hydrogen-bond acceptors (Lipinski definition) is 4. The first-order chi connectivity index (χ1) is 3.31. The molecule has 4 nitrogen and oxygen atoms in total. The van der Waals surface area contributed by atoms with Gasteiger partial charge in [-0.25, -0.2) is 4.79 Å². The van der Waals surface area contributed by atoms with Crippen molar-refractivity contribution < 1.29 is 9.63 Å². The van der Waals surface area contributed by atoms with E-state index in [4.69, 9.17) is 0 Å². The summed E-state index contributed by atoms with van der Waals surface area (Å²) < 4.78 is 0. The lowest BCUT2D eigenvalue weighted by Gasteiger charge is -1.91. The van der Waals surface area contributed by atoms with Gasteiger partial charge in [0.15, 0.2) is 0 Å². The van der Waals surface area contributed by atoms with Gasteiger partial charge in [-0.15, -0.1) is 0 Å². The Morgan fingerprint density at radius 2 is 2.57 bits per heavy atom. The van der Waals surface area contributed by atoms with Gasteiger partial charge in [0.1, 0.15) is 0 Å². The SMILES string of the molecule is CNCC(=O)ON. The first kappa shape index (κ1) is 6.39. The fourth-order valence-corrected chi connectivity index (χ4v) is 0.186. The number of nitrogens with one attached hydrogen (secondary N) is 1. The van der Waals surface area contributed by atoms with Crippen LogP contribution in [0.1, 0.15) is 0 Å². The molecule has 0 heterocycles. The standard InChI is InChI=1S/C3H8N2O2/c1-5-2-3(6)7-4/h5H,2,4H2,1H3. The molecule has 0 aromatic carbocycles. The minimum absolute atomic E-state index is 0.163. The molecule has 0 aromatic rings. The van der Waals surface area contributed by atoms with Gasteiger partial charge in [-0.1, -0.05) is 0 Å². The van der Waals surface area contributed by atoms with Crippen LogP contribution in [-0.4, -0.2) is 19.6 Å². The zero-order valence-corrected chi connectivity index (χ0v) is 4.10. The molecule has 0 fully saturated rings. The largest absolute Gasteiger partial charge is 0.372 e. The molecular weight excluding hydrogens is 96.0 g/mol. The third kappa shape index (κ3) is 3.21. The molecule has 0 saturated carbocycles. The summed E-state index contributed by atoms with van der Waals surface area (Å²) in [4.78, 5) is 13.8. The van der Waals surface area contributed by atoms with Crippen molar-refractivity contribution >= 4 is 5.97 Å². The lowest BCUT2D eigenvalue weighted by molar-refractivity contribution is -0.142. The lowest BCUT2D eigenvalue weighted by Crippen LogP contribution is -2.23. The number of carbonyl (C=O) groups is 1. The Kier molecular flexibility index (Phi) is 3.26. The Labute approximate surface area is 41.6 Å². The average molecular weight is 104 g/mol. The highest BCUT2D eigenvalue weighted by Crippen LogP contribution is 1.60. The fraction of sp³-hybridized carbons (Fsp3) is 0.667. The van der Waals surface area contributed by atoms with E-state index in [0.29, 0.717) is 0 Å². The normalized spacial score (nSPS) is 8.29. The maximum atomic E-state index is 10.0. The summed E-state index contributed by atoms with van der Waals surface area (Å²) in [6.07, 6.45) is 0. The summed E-state index contributed by atoms with van der Waals surface area (Å²) in [6.45, 7) is 0.163.